The average Bonchev–Trinajstić information content (AvgIpc) is 2.77. The van der Waals surface area contributed by atoms with Crippen molar-refractivity contribution >= 4 is 5.65 Å². The van der Waals surface area contributed by atoms with Gasteiger partial charge in [-0.1, -0.05) is 13.0 Å². The lowest BCUT2D eigenvalue weighted by Crippen LogP contribution is -2.20. The second-order valence-electron chi connectivity index (χ2n) is 4.71. The number of rotatable bonds is 6. The van der Waals surface area contributed by atoms with E-state index < -0.39 is 0 Å². The minimum atomic E-state index is -0.193. The van der Waals surface area contributed by atoms with Gasteiger partial charge in [-0.25, -0.2) is 4.98 Å². The molecule has 2 aromatic heterocycles. The molecule has 0 aliphatic carbocycles. The maximum atomic E-state index is 9.47. The number of nitrogens with one attached hydrogen (secondary N) is 1. The Labute approximate surface area is 108 Å². The highest BCUT2D eigenvalue weighted by molar-refractivity contribution is 5.41. The third-order valence-corrected chi connectivity index (χ3v) is 3.16. The van der Waals surface area contributed by atoms with Crippen molar-refractivity contribution in [3.8, 4) is 0 Å². The molecule has 98 valence electrons. The summed E-state index contributed by atoms with van der Waals surface area (Å²) in [4.78, 5) is 4.36. The molecule has 2 heterocycles. The zero-order valence-electron chi connectivity index (χ0n) is 11.1. The molecule has 0 aliphatic heterocycles. The van der Waals surface area contributed by atoms with Gasteiger partial charge in [0, 0.05) is 12.7 Å². The Morgan fingerprint density at radius 1 is 1.44 bits per heavy atom. The van der Waals surface area contributed by atoms with Crippen LogP contribution in [-0.4, -0.2) is 27.1 Å². The van der Waals surface area contributed by atoms with E-state index in [2.05, 4.69) is 33.9 Å². The molecule has 2 rings (SSSR count). The van der Waals surface area contributed by atoms with Crippen LogP contribution in [0.3, 0.4) is 0 Å². The van der Waals surface area contributed by atoms with Crippen LogP contribution in [0, 0.1) is 6.92 Å². The number of pyridine rings is 1. The molecule has 1 atom stereocenters. The second-order valence-corrected chi connectivity index (χ2v) is 4.71. The smallest absolute Gasteiger partial charge is 0.136 e. The summed E-state index contributed by atoms with van der Waals surface area (Å²) in [6.45, 7) is 5.68. The molecule has 0 saturated heterocycles. The summed E-state index contributed by atoms with van der Waals surface area (Å²) in [7, 11) is 0. The van der Waals surface area contributed by atoms with Crippen LogP contribution >= 0.6 is 0 Å². The quantitative estimate of drug-likeness (QED) is 0.766. The molecule has 0 aromatic carbocycles. The van der Waals surface area contributed by atoms with Gasteiger partial charge in [-0.3, -0.25) is 0 Å². The summed E-state index contributed by atoms with van der Waals surface area (Å²) in [6, 6.07) is 4.09. The fourth-order valence-corrected chi connectivity index (χ4v) is 1.96. The molecule has 0 fully saturated rings. The SMILES string of the molecule is CCC(O)CCNCc1cnc2ccc(C)cn12. The third-order valence-electron chi connectivity index (χ3n) is 3.16. The number of fused-ring (bicyclic) bond motifs is 1. The molecule has 18 heavy (non-hydrogen) atoms. The van der Waals surface area contributed by atoms with Crippen molar-refractivity contribution in [1.82, 2.24) is 14.7 Å². The molecular formula is C14H21N3O. The van der Waals surface area contributed by atoms with Gasteiger partial charge in [0.15, 0.2) is 0 Å². The van der Waals surface area contributed by atoms with Crippen LogP contribution < -0.4 is 5.32 Å². The van der Waals surface area contributed by atoms with Gasteiger partial charge in [0.1, 0.15) is 5.65 Å². The van der Waals surface area contributed by atoms with E-state index in [-0.39, 0.29) is 6.10 Å². The van der Waals surface area contributed by atoms with Crippen molar-refractivity contribution < 1.29 is 5.11 Å². The molecule has 4 heteroatoms. The van der Waals surface area contributed by atoms with Crippen molar-refractivity contribution in [2.45, 2.75) is 39.3 Å². The molecule has 0 saturated carbocycles. The normalized spacial score (nSPS) is 13.1. The van der Waals surface area contributed by atoms with E-state index in [1.807, 2.05) is 19.2 Å². The molecule has 0 amide bonds. The topological polar surface area (TPSA) is 49.6 Å². The first-order chi connectivity index (χ1) is 8.70. The van der Waals surface area contributed by atoms with E-state index in [1.54, 1.807) is 0 Å². The van der Waals surface area contributed by atoms with Crippen molar-refractivity contribution in [1.29, 1.82) is 0 Å². The molecule has 0 radical (unpaired) electrons. The number of hydrogen-bond acceptors (Lipinski definition) is 3. The predicted molar refractivity (Wildman–Crippen MR) is 72.6 cm³/mol. The number of aliphatic hydroxyl groups excluding tert-OH is 1. The summed E-state index contributed by atoms with van der Waals surface area (Å²) in [5.74, 6) is 0. The van der Waals surface area contributed by atoms with Crippen LogP contribution in [0.2, 0.25) is 0 Å². The monoisotopic (exact) mass is 247 g/mol. The highest BCUT2D eigenvalue weighted by Gasteiger charge is 2.04. The van der Waals surface area contributed by atoms with Crippen LogP contribution in [-0.2, 0) is 6.54 Å². The Bertz CT molecular complexity index is 507. The van der Waals surface area contributed by atoms with Crippen LogP contribution in [0.15, 0.2) is 24.5 Å². The maximum absolute atomic E-state index is 9.47. The summed E-state index contributed by atoms with van der Waals surface area (Å²) in [5, 5.41) is 12.8. The van der Waals surface area contributed by atoms with Gasteiger partial charge in [-0.05, 0) is 37.9 Å². The van der Waals surface area contributed by atoms with Gasteiger partial charge in [0.05, 0.1) is 18.0 Å². The van der Waals surface area contributed by atoms with E-state index in [0.717, 1.165) is 37.3 Å². The van der Waals surface area contributed by atoms with E-state index >= 15 is 0 Å². The van der Waals surface area contributed by atoms with Crippen molar-refractivity contribution in [2.75, 3.05) is 6.54 Å². The number of hydrogen-bond donors (Lipinski definition) is 2. The van der Waals surface area contributed by atoms with E-state index in [0.29, 0.717) is 0 Å². The van der Waals surface area contributed by atoms with Crippen molar-refractivity contribution in [3.05, 3.63) is 35.8 Å². The van der Waals surface area contributed by atoms with Gasteiger partial charge in [-0.2, -0.15) is 0 Å². The lowest BCUT2D eigenvalue weighted by molar-refractivity contribution is 0.159. The first-order valence-corrected chi connectivity index (χ1v) is 6.52. The van der Waals surface area contributed by atoms with Gasteiger partial charge in [0.25, 0.3) is 0 Å². The van der Waals surface area contributed by atoms with Crippen LogP contribution in [0.1, 0.15) is 31.0 Å². The first-order valence-electron chi connectivity index (χ1n) is 6.52. The summed E-state index contributed by atoms with van der Waals surface area (Å²) >= 11 is 0. The Morgan fingerprint density at radius 3 is 3.06 bits per heavy atom. The van der Waals surface area contributed by atoms with E-state index in [4.69, 9.17) is 0 Å². The maximum Gasteiger partial charge on any atom is 0.136 e. The number of aromatic nitrogens is 2. The molecule has 2 aromatic rings. The molecule has 0 spiro atoms. The van der Waals surface area contributed by atoms with E-state index in [1.165, 1.54) is 5.56 Å². The van der Waals surface area contributed by atoms with Gasteiger partial charge < -0.3 is 14.8 Å². The van der Waals surface area contributed by atoms with Crippen molar-refractivity contribution in [3.63, 3.8) is 0 Å². The summed E-state index contributed by atoms with van der Waals surface area (Å²) in [6.07, 6.45) is 5.42. The molecule has 2 N–H and O–H groups in total. The third kappa shape index (κ3) is 3.09. The number of aryl methyl sites for hydroxylation is 1. The standard InChI is InChI=1S/C14H21N3O/c1-3-13(18)6-7-15-8-12-9-16-14-5-4-11(2)10-17(12)14/h4-5,9-10,13,15,18H,3,6-8H2,1-2H3. The Kier molecular flexibility index (Phi) is 4.33. The van der Waals surface area contributed by atoms with Gasteiger partial charge in [0.2, 0.25) is 0 Å². The molecule has 4 nitrogen and oxygen atoms in total. The minimum Gasteiger partial charge on any atom is -0.393 e. The zero-order valence-corrected chi connectivity index (χ0v) is 11.1. The van der Waals surface area contributed by atoms with Crippen LogP contribution in [0.4, 0.5) is 0 Å². The number of aliphatic hydroxyl groups is 1. The van der Waals surface area contributed by atoms with Gasteiger partial charge >= 0.3 is 0 Å². The second kappa shape index (κ2) is 5.98. The Hall–Kier alpha value is -1.39. The summed E-state index contributed by atoms with van der Waals surface area (Å²) in [5.41, 5.74) is 3.36. The lowest BCUT2D eigenvalue weighted by atomic mass is 10.2. The predicted octanol–water partition coefficient (Wildman–Crippen LogP) is 1.89. The highest BCUT2D eigenvalue weighted by Crippen LogP contribution is 2.08. The van der Waals surface area contributed by atoms with E-state index in [9.17, 15) is 5.11 Å². The highest BCUT2D eigenvalue weighted by atomic mass is 16.3. The molecule has 0 aliphatic rings. The Morgan fingerprint density at radius 2 is 2.28 bits per heavy atom. The van der Waals surface area contributed by atoms with Gasteiger partial charge in [-0.15, -0.1) is 0 Å². The zero-order chi connectivity index (χ0) is 13.0. The van der Waals surface area contributed by atoms with Crippen molar-refractivity contribution in [2.24, 2.45) is 0 Å². The minimum absolute atomic E-state index is 0.193. The molecule has 0 bridgehead atoms. The van der Waals surface area contributed by atoms with Crippen LogP contribution in [0.25, 0.3) is 5.65 Å². The number of nitrogens with zero attached hydrogens (tertiary/aromatic N) is 2. The Balaban J connectivity index is 1.93. The molecular weight excluding hydrogens is 226 g/mol. The fourth-order valence-electron chi connectivity index (χ4n) is 1.96. The van der Waals surface area contributed by atoms with Crippen LogP contribution in [0.5, 0.6) is 0 Å². The first kappa shape index (κ1) is 13.1. The number of imidazole rings is 1. The lowest BCUT2D eigenvalue weighted by Gasteiger charge is -2.08. The fraction of sp³-hybridized carbons (Fsp3) is 0.500. The average molecular weight is 247 g/mol. The molecule has 1 unspecified atom stereocenters. The largest absolute Gasteiger partial charge is 0.393 e. The summed E-state index contributed by atoms with van der Waals surface area (Å²) < 4.78 is 2.11.